The zero-order valence-electron chi connectivity index (χ0n) is 10.8. The lowest BCUT2D eigenvalue weighted by molar-refractivity contribution is 0.0785. The number of pyridine rings is 1. The lowest BCUT2D eigenvalue weighted by atomic mass is 10.2. The summed E-state index contributed by atoms with van der Waals surface area (Å²) >= 11 is 3.37. The molecule has 0 aliphatic carbocycles. The molecule has 0 fully saturated rings. The number of halogens is 2. The van der Waals surface area contributed by atoms with Crippen LogP contribution in [-0.2, 0) is 6.54 Å². The van der Waals surface area contributed by atoms with Gasteiger partial charge in [0.15, 0.2) is 0 Å². The molecular formula is C14H13BrFN3O. The molecule has 0 aliphatic rings. The van der Waals surface area contributed by atoms with Crippen LogP contribution < -0.4 is 5.73 Å². The van der Waals surface area contributed by atoms with E-state index in [1.165, 1.54) is 4.90 Å². The zero-order chi connectivity index (χ0) is 14.7. The molecule has 0 aliphatic heterocycles. The fraction of sp³-hybridized carbons (Fsp3) is 0.143. The van der Waals surface area contributed by atoms with Gasteiger partial charge in [-0.2, -0.15) is 0 Å². The van der Waals surface area contributed by atoms with Crippen LogP contribution in [0.5, 0.6) is 0 Å². The maximum absolute atomic E-state index is 13.2. The lowest BCUT2D eigenvalue weighted by Gasteiger charge is -2.18. The summed E-state index contributed by atoms with van der Waals surface area (Å²) in [6, 6.07) is 8.70. The van der Waals surface area contributed by atoms with Crippen molar-refractivity contribution in [2.75, 3.05) is 12.8 Å². The second-order valence-corrected chi connectivity index (χ2v) is 5.29. The molecule has 6 heteroatoms. The van der Waals surface area contributed by atoms with Crippen LogP contribution in [0.25, 0.3) is 0 Å². The third-order valence-electron chi connectivity index (χ3n) is 2.77. The molecule has 1 aromatic carbocycles. The normalized spacial score (nSPS) is 10.3. The van der Waals surface area contributed by atoms with Crippen LogP contribution in [0.1, 0.15) is 15.9 Å². The molecule has 104 valence electrons. The number of hydrogen-bond donors (Lipinski definition) is 1. The van der Waals surface area contributed by atoms with Crippen LogP contribution in [0, 0.1) is 5.82 Å². The Morgan fingerprint density at radius 1 is 1.45 bits per heavy atom. The fourth-order valence-corrected chi connectivity index (χ4v) is 2.25. The van der Waals surface area contributed by atoms with Gasteiger partial charge in [0.25, 0.3) is 5.91 Å². The summed E-state index contributed by atoms with van der Waals surface area (Å²) in [5.74, 6) is -0.926. The summed E-state index contributed by atoms with van der Waals surface area (Å²) in [5.41, 5.74) is 6.64. The van der Waals surface area contributed by atoms with Gasteiger partial charge in [0, 0.05) is 18.1 Å². The number of carbonyl (C=O) groups excluding carboxylic acids is 1. The molecule has 0 saturated heterocycles. The van der Waals surface area contributed by atoms with E-state index in [2.05, 4.69) is 20.9 Å². The van der Waals surface area contributed by atoms with Crippen molar-refractivity contribution in [3.05, 3.63) is 57.9 Å². The van der Waals surface area contributed by atoms with Gasteiger partial charge in [0.2, 0.25) is 0 Å². The molecule has 1 aromatic heterocycles. The fourth-order valence-electron chi connectivity index (χ4n) is 1.81. The van der Waals surface area contributed by atoms with Crippen molar-refractivity contribution in [1.82, 2.24) is 9.88 Å². The van der Waals surface area contributed by atoms with Crippen LogP contribution in [0.2, 0.25) is 0 Å². The van der Waals surface area contributed by atoms with Crippen molar-refractivity contribution in [3.8, 4) is 0 Å². The minimum absolute atomic E-state index is 0.0255. The number of amides is 1. The maximum atomic E-state index is 13.2. The largest absolute Gasteiger partial charge is 0.383 e. The van der Waals surface area contributed by atoms with Gasteiger partial charge >= 0.3 is 0 Å². The van der Waals surface area contributed by atoms with Crippen LogP contribution >= 0.6 is 15.9 Å². The number of nitrogens with two attached hydrogens (primary N) is 1. The number of hydrogen-bond acceptors (Lipinski definition) is 3. The highest BCUT2D eigenvalue weighted by Gasteiger charge is 2.16. The number of rotatable bonds is 3. The summed E-state index contributed by atoms with van der Waals surface area (Å²) in [5, 5.41) is 0. The first-order valence-electron chi connectivity index (χ1n) is 5.88. The SMILES string of the molecule is CN(Cc1cccc(Br)c1)C(=O)c1cc(F)cnc1N. The molecule has 0 spiro atoms. The van der Waals surface area contributed by atoms with E-state index < -0.39 is 5.82 Å². The highest BCUT2D eigenvalue weighted by atomic mass is 79.9. The number of anilines is 1. The zero-order valence-corrected chi connectivity index (χ0v) is 12.4. The Morgan fingerprint density at radius 2 is 2.20 bits per heavy atom. The third kappa shape index (κ3) is 3.33. The Hall–Kier alpha value is -1.95. The highest BCUT2D eigenvalue weighted by molar-refractivity contribution is 9.10. The van der Waals surface area contributed by atoms with E-state index in [1.807, 2.05) is 24.3 Å². The van der Waals surface area contributed by atoms with Gasteiger partial charge in [0.1, 0.15) is 11.6 Å². The molecule has 0 bridgehead atoms. The number of carbonyl (C=O) groups is 1. The summed E-state index contributed by atoms with van der Waals surface area (Å²) in [6.07, 6.45) is 0.987. The predicted molar refractivity (Wildman–Crippen MR) is 78.5 cm³/mol. The second-order valence-electron chi connectivity index (χ2n) is 4.38. The van der Waals surface area contributed by atoms with E-state index in [9.17, 15) is 9.18 Å². The quantitative estimate of drug-likeness (QED) is 0.936. The molecule has 1 heterocycles. The first-order chi connectivity index (χ1) is 9.47. The van der Waals surface area contributed by atoms with Gasteiger partial charge in [-0.3, -0.25) is 4.79 Å². The summed E-state index contributed by atoms with van der Waals surface area (Å²) in [4.78, 5) is 17.4. The smallest absolute Gasteiger partial charge is 0.257 e. The monoisotopic (exact) mass is 337 g/mol. The molecule has 0 saturated carbocycles. The highest BCUT2D eigenvalue weighted by Crippen LogP contribution is 2.16. The Bertz CT molecular complexity index is 648. The Balaban J connectivity index is 2.18. The third-order valence-corrected chi connectivity index (χ3v) is 3.26. The van der Waals surface area contributed by atoms with Gasteiger partial charge < -0.3 is 10.6 Å². The molecule has 1 amide bonds. The van der Waals surface area contributed by atoms with Crippen LogP contribution in [-0.4, -0.2) is 22.8 Å². The molecule has 2 N–H and O–H groups in total. The topological polar surface area (TPSA) is 59.2 Å². The van der Waals surface area contributed by atoms with Gasteiger partial charge in [-0.1, -0.05) is 28.1 Å². The summed E-state index contributed by atoms with van der Waals surface area (Å²) in [7, 11) is 1.63. The van der Waals surface area contributed by atoms with E-state index >= 15 is 0 Å². The minimum atomic E-state index is -0.585. The molecule has 0 radical (unpaired) electrons. The molecule has 0 unspecified atom stereocenters. The molecule has 2 aromatic rings. The van der Waals surface area contributed by atoms with Crippen molar-refractivity contribution < 1.29 is 9.18 Å². The number of aromatic nitrogens is 1. The minimum Gasteiger partial charge on any atom is -0.383 e. The van der Waals surface area contributed by atoms with Crippen molar-refractivity contribution >= 4 is 27.7 Å². The van der Waals surface area contributed by atoms with Gasteiger partial charge in [-0.05, 0) is 23.8 Å². The first kappa shape index (κ1) is 14.5. The van der Waals surface area contributed by atoms with E-state index in [0.717, 1.165) is 22.3 Å². The number of benzene rings is 1. The van der Waals surface area contributed by atoms with Gasteiger partial charge in [-0.25, -0.2) is 9.37 Å². The van der Waals surface area contributed by atoms with Crippen molar-refractivity contribution in [3.63, 3.8) is 0 Å². The molecule has 20 heavy (non-hydrogen) atoms. The van der Waals surface area contributed by atoms with E-state index in [0.29, 0.717) is 6.54 Å². The maximum Gasteiger partial charge on any atom is 0.257 e. The van der Waals surface area contributed by atoms with E-state index in [1.54, 1.807) is 7.05 Å². The number of nitrogen functional groups attached to an aromatic ring is 1. The Labute approximate surface area is 124 Å². The number of nitrogens with zero attached hydrogens (tertiary/aromatic N) is 2. The van der Waals surface area contributed by atoms with E-state index in [4.69, 9.17) is 5.73 Å². The average molecular weight is 338 g/mol. The molecular weight excluding hydrogens is 325 g/mol. The second kappa shape index (κ2) is 6.00. The molecule has 4 nitrogen and oxygen atoms in total. The Morgan fingerprint density at radius 3 is 2.90 bits per heavy atom. The summed E-state index contributed by atoms with van der Waals surface area (Å²) in [6.45, 7) is 0.397. The van der Waals surface area contributed by atoms with Gasteiger partial charge in [-0.15, -0.1) is 0 Å². The van der Waals surface area contributed by atoms with E-state index in [-0.39, 0.29) is 17.3 Å². The van der Waals surface area contributed by atoms with Crippen molar-refractivity contribution in [2.45, 2.75) is 6.54 Å². The van der Waals surface area contributed by atoms with Crippen LogP contribution in [0.15, 0.2) is 41.0 Å². The van der Waals surface area contributed by atoms with Crippen LogP contribution in [0.3, 0.4) is 0 Å². The Kier molecular flexibility index (Phi) is 4.34. The molecule has 2 rings (SSSR count). The lowest BCUT2D eigenvalue weighted by Crippen LogP contribution is -2.27. The first-order valence-corrected chi connectivity index (χ1v) is 6.67. The van der Waals surface area contributed by atoms with Crippen LogP contribution in [0.4, 0.5) is 10.2 Å². The summed E-state index contributed by atoms with van der Waals surface area (Å²) < 4.78 is 14.1. The average Bonchev–Trinajstić information content (AvgIpc) is 2.40. The molecule has 0 atom stereocenters. The predicted octanol–water partition coefficient (Wildman–Crippen LogP) is 2.84. The van der Waals surface area contributed by atoms with Gasteiger partial charge in [0.05, 0.1) is 11.8 Å². The van der Waals surface area contributed by atoms with Crippen molar-refractivity contribution in [1.29, 1.82) is 0 Å². The van der Waals surface area contributed by atoms with Crippen molar-refractivity contribution in [2.24, 2.45) is 0 Å². The standard InChI is InChI=1S/C14H13BrFN3O/c1-19(8-9-3-2-4-10(15)5-9)14(20)12-6-11(16)7-18-13(12)17/h2-7H,8H2,1H3,(H2,17,18).